The second-order valence-corrected chi connectivity index (χ2v) is 9.95. The summed E-state index contributed by atoms with van der Waals surface area (Å²) in [5.41, 5.74) is 4.24. The lowest BCUT2D eigenvalue weighted by molar-refractivity contribution is -0.146. The highest BCUT2D eigenvalue weighted by Crippen LogP contribution is 2.60. The molecule has 4 fully saturated rings. The Morgan fingerprint density at radius 1 is 1.03 bits per heavy atom. The highest BCUT2D eigenvalue weighted by molar-refractivity contribution is 6.00. The first-order chi connectivity index (χ1) is 15.4. The average Bonchev–Trinajstić information content (AvgIpc) is 2.76. The van der Waals surface area contributed by atoms with Crippen molar-refractivity contribution in [1.82, 2.24) is 10.7 Å². The third-order valence-electron chi connectivity index (χ3n) is 7.47. The van der Waals surface area contributed by atoms with Gasteiger partial charge in [-0.05, 0) is 87.3 Å². The number of ether oxygens (including phenoxy) is 2. The molecule has 174 valence electrons. The number of benzene rings is 1. The normalized spacial score (nSPS) is 28.3. The fourth-order valence-corrected chi connectivity index (χ4v) is 6.37. The van der Waals surface area contributed by atoms with Crippen LogP contribution in [0.2, 0.25) is 0 Å². The van der Waals surface area contributed by atoms with E-state index in [1.54, 1.807) is 21.1 Å². The van der Waals surface area contributed by atoms with Crippen LogP contribution < -0.4 is 20.2 Å². The summed E-state index contributed by atoms with van der Waals surface area (Å²) in [6, 6.07) is 5.73. The van der Waals surface area contributed by atoms with Crippen LogP contribution in [-0.2, 0) is 16.0 Å². The van der Waals surface area contributed by atoms with E-state index in [9.17, 15) is 9.59 Å². The molecule has 7 nitrogen and oxygen atoms in total. The molecule has 0 saturated heterocycles. The summed E-state index contributed by atoms with van der Waals surface area (Å²) in [6.07, 6.45) is 7.80. The van der Waals surface area contributed by atoms with Crippen molar-refractivity contribution in [3.63, 3.8) is 0 Å². The fraction of sp³-hybridized carbons (Fsp3) is 0.640. The zero-order chi connectivity index (χ0) is 22.7. The first kappa shape index (κ1) is 22.6. The largest absolute Gasteiger partial charge is 0.493 e. The first-order valence-electron chi connectivity index (χ1n) is 11.7. The van der Waals surface area contributed by atoms with E-state index in [2.05, 4.69) is 15.8 Å². The third-order valence-corrected chi connectivity index (χ3v) is 7.47. The molecule has 0 spiro atoms. The van der Waals surface area contributed by atoms with Crippen LogP contribution in [0.25, 0.3) is 0 Å². The maximum Gasteiger partial charge on any atom is 0.246 e. The van der Waals surface area contributed by atoms with E-state index in [0.717, 1.165) is 24.8 Å². The van der Waals surface area contributed by atoms with Crippen molar-refractivity contribution in [2.75, 3.05) is 20.8 Å². The highest BCUT2D eigenvalue weighted by Gasteiger charge is 2.54. The van der Waals surface area contributed by atoms with Crippen LogP contribution in [0.5, 0.6) is 11.5 Å². The minimum Gasteiger partial charge on any atom is -0.493 e. The van der Waals surface area contributed by atoms with Crippen LogP contribution in [-0.4, -0.2) is 38.3 Å². The summed E-state index contributed by atoms with van der Waals surface area (Å²) in [5, 5.41) is 7.17. The molecule has 5 rings (SSSR count). The van der Waals surface area contributed by atoms with Crippen molar-refractivity contribution < 1.29 is 19.1 Å². The number of amides is 2. The number of nitrogens with one attached hydrogen (secondary N) is 2. The number of methoxy groups -OCH3 is 2. The SMILES string of the molecule is COc1ccc(CCNC(=O)C/C(C)=N\NC(=O)C23CC4CC(CC(C4)C2)C3)cc1OC. The summed E-state index contributed by atoms with van der Waals surface area (Å²) >= 11 is 0. The van der Waals surface area contributed by atoms with Crippen LogP contribution in [0.1, 0.15) is 57.4 Å². The minimum absolute atomic E-state index is 0.0600. The molecule has 1 aromatic carbocycles. The summed E-state index contributed by atoms with van der Waals surface area (Å²) < 4.78 is 10.6. The standard InChI is InChI=1S/C25H35N3O4/c1-16(8-23(29)26-7-6-17-4-5-21(31-2)22(12-17)32-3)27-28-24(30)25-13-18-9-19(14-25)11-20(10-18)15-25/h4-5,12,18-20H,6-11,13-15H2,1-3H3,(H,26,29)(H,28,30)/b27-16-. The van der Waals surface area contributed by atoms with Gasteiger partial charge in [-0.25, -0.2) is 5.43 Å². The van der Waals surface area contributed by atoms with Gasteiger partial charge in [0, 0.05) is 12.3 Å². The van der Waals surface area contributed by atoms with Crippen molar-refractivity contribution in [3.8, 4) is 11.5 Å². The van der Waals surface area contributed by atoms with Gasteiger partial charge in [0.05, 0.1) is 26.1 Å². The Labute approximate surface area is 190 Å². The molecule has 2 N–H and O–H groups in total. The van der Waals surface area contributed by atoms with Gasteiger partial charge in [-0.3, -0.25) is 9.59 Å². The van der Waals surface area contributed by atoms with Crippen LogP contribution in [0.15, 0.2) is 23.3 Å². The van der Waals surface area contributed by atoms with Crippen molar-refractivity contribution in [1.29, 1.82) is 0 Å². The molecule has 0 radical (unpaired) electrons. The summed E-state index contributed by atoms with van der Waals surface area (Å²) in [7, 11) is 3.21. The van der Waals surface area contributed by atoms with Gasteiger partial charge in [-0.1, -0.05) is 6.07 Å². The second-order valence-electron chi connectivity index (χ2n) is 9.95. The molecule has 4 aliphatic carbocycles. The monoisotopic (exact) mass is 441 g/mol. The van der Waals surface area contributed by atoms with Gasteiger partial charge in [-0.2, -0.15) is 5.10 Å². The summed E-state index contributed by atoms with van der Waals surface area (Å²) in [5.74, 6) is 3.47. The van der Waals surface area contributed by atoms with Crippen LogP contribution in [0, 0.1) is 23.2 Å². The number of carbonyl (C=O) groups is 2. The van der Waals surface area contributed by atoms with E-state index in [1.165, 1.54) is 19.3 Å². The quantitative estimate of drug-likeness (QED) is 0.454. The van der Waals surface area contributed by atoms with Crippen LogP contribution in [0.4, 0.5) is 0 Å². The lowest BCUT2D eigenvalue weighted by Gasteiger charge is -2.55. The number of hydrogen-bond acceptors (Lipinski definition) is 5. The molecule has 7 heteroatoms. The minimum atomic E-state index is -0.222. The molecular formula is C25H35N3O4. The molecule has 4 saturated carbocycles. The molecule has 0 aromatic heterocycles. The Morgan fingerprint density at radius 2 is 1.66 bits per heavy atom. The van der Waals surface area contributed by atoms with Gasteiger partial charge in [0.15, 0.2) is 11.5 Å². The molecule has 0 atom stereocenters. The van der Waals surface area contributed by atoms with E-state index in [-0.39, 0.29) is 23.7 Å². The molecule has 1 aromatic rings. The third kappa shape index (κ3) is 4.92. The number of hydrogen-bond donors (Lipinski definition) is 2. The fourth-order valence-electron chi connectivity index (χ4n) is 6.37. The maximum absolute atomic E-state index is 13.0. The van der Waals surface area contributed by atoms with Gasteiger partial charge in [0.2, 0.25) is 11.8 Å². The van der Waals surface area contributed by atoms with Gasteiger partial charge in [0.1, 0.15) is 0 Å². The van der Waals surface area contributed by atoms with Crippen molar-refractivity contribution in [3.05, 3.63) is 23.8 Å². The molecule has 0 aliphatic heterocycles. The first-order valence-corrected chi connectivity index (χ1v) is 11.7. The molecule has 0 unspecified atom stereocenters. The number of hydrazone groups is 1. The van der Waals surface area contributed by atoms with Crippen molar-refractivity contribution >= 4 is 17.5 Å². The van der Waals surface area contributed by atoms with E-state index in [1.807, 2.05) is 18.2 Å². The summed E-state index contributed by atoms with van der Waals surface area (Å²) in [4.78, 5) is 25.3. The van der Waals surface area contributed by atoms with Gasteiger partial charge >= 0.3 is 0 Å². The molecule has 2 amide bonds. The lowest BCUT2D eigenvalue weighted by Crippen LogP contribution is -2.52. The smallest absolute Gasteiger partial charge is 0.246 e. The van der Waals surface area contributed by atoms with Crippen LogP contribution in [0.3, 0.4) is 0 Å². The van der Waals surface area contributed by atoms with E-state index in [0.29, 0.717) is 47.9 Å². The van der Waals surface area contributed by atoms with Crippen LogP contribution >= 0.6 is 0 Å². The molecule has 0 heterocycles. The van der Waals surface area contributed by atoms with Gasteiger partial charge in [0.25, 0.3) is 0 Å². The number of rotatable bonds is 9. The highest BCUT2D eigenvalue weighted by atomic mass is 16.5. The predicted molar refractivity (Wildman–Crippen MR) is 123 cm³/mol. The van der Waals surface area contributed by atoms with Crippen molar-refractivity contribution in [2.45, 2.75) is 58.3 Å². The second kappa shape index (κ2) is 9.51. The van der Waals surface area contributed by atoms with Crippen molar-refractivity contribution in [2.24, 2.45) is 28.3 Å². The van der Waals surface area contributed by atoms with E-state index in [4.69, 9.17) is 9.47 Å². The van der Waals surface area contributed by atoms with E-state index < -0.39 is 0 Å². The average molecular weight is 442 g/mol. The van der Waals surface area contributed by atoms with Gasteiger partial charge in [-0.15, -0.1) is 0 Å². The predicted octanol–water partition coefficient (Wildman–Crippen LogP) is 3.46. The number of nitrogens with zero attached hydrogens (tertiary/aromatic N) is 1. The molecular weight excluding hydrogens is 406 g/mol. The Morgan fingerprint density at radius 3 is 2.25 bits per heavy atom. The number of carbonyl (C=O) groups excluding carboxylic acids is 2. The van der Waals surface area contributed by atoms with Gasteiger partial charge < -0.3 is 14.8 Å². The Bertz CT molecular complexity index is 860. The van der Waals surface area contributed by atoms with E-state index >= 15 is 0 Å². The topological polar surface area (TPSA) is 89.0 Å². The zero-order valence-electron chi connectivity index (χ0n) is 19.4. The Kier molecular flexibility index (Phi) is 6.72. The molecule has 4 bridgehead atoms. The summed E-state index contributed by atoms with van der Waals surface area (Å²) in [6.45, 7) is 2.30. The molecule has 32 heavy (non-hydrogen) atoms. The Balaban J connectivity index is 1.22. The Hall–Kier alpha value is -2.57. The zero-order valence-corrected chi connectivity index (χ0v) is 19.4. The maximum atomic E-state index is 13.0. The lowest BCUT2D eigenvalue weighted by atomic mass is 9.49. The molecule has 4 aliphatic rings.